The highest BCUT2D eigenvalue weighted by Crippen LogP contribution is 2.27. The van der Waals surface area contributed by atoms with E-state index in [2.05, 4.69) is 10.5 Å². The van der Waals surface area contributed by atoms with Gasteiger partial charge in [0.15, 0.2) is 11.5 Å². The lowest BCUT2D eigenvalue weighted by molar-refractivity contribution is 0.0952. The Morgan fingerprint density at radius 3 is 2.43 bits per heavy atom. The predicted octanol–water partition coefficient (Wildman–Crippen LogP) is 2.56. The lowest BCUT2D eigenvalue weighted by Crippen LogP contribution is -2.19. The number of nitrogens with zero attached hydrogens (tertiary/aromatic N) is 1. The maximum atomic E-state index is 12.0. The molecule has 0 spiro atoms. The number of amides is 1. The van der Waals surface area contributed by atoms with Gasteiger partial charge in [-0.15, -0.1) is 0 Å². The van der Waals surface area contributed by atoms with E-state index in [4.69, 9.17) is 9.47 Å². The quantitative estimate of drug-likeness (QED) is 0.656. The molecule has 2 N–H and O–H groups in total. The van der Waals surface area contributed by atoms with Crippen molar-refractivity contribution in [3.63, 3.8) is 0 Å². The van der Waals surface area contributed by atoms with Gasteiger partial charge in [0.25, 0.3) is 5.91 Å². The van der Waals surface area contributed by atoms with Crippen LogP contribution < -0.4 is 14.9 Å². The Morgan fingerprint density at radius 2 is 1.78 bits per heavy atom. The van der Waals surface area contributed by atoms with Gasteiger partial charge in [0, 0.05) is 5.56 Å². The summed E-state index contributed by atoms with van der Waals surface area (Å²) in [6.07, 6.45) is 0. The zero-order valence-corrected chi connectivity index (χ0v) is 13.2. The number of hydrogen-bond acceptors (Lipinski definition) is 5. The number of carbonyl (C=O) groups is 1. The minimum absolute atomic E-state index is 0.0935. The number of benzene rings is 2. The molecule has 0 bridgehead atoms. The maximum Gasteiger partial charge on any atom is 0.275 e. The van der Waals surface area contributed by atoms with Gasteiger partial charge in [0.05, 0.1) is 25.5 Å². The Labute approximate surface area is 134 Å². The van der Waals surface area contributed by atoms with Crippen molar-refractivity contribution in [3.8, 4) is 17.2 Å². The molecule has 2 rings (SSSR count). The lowest BCUT2D eigenvalue weighted by Gasteiger charge is -2.09. The molecule has 0 unspecified atom stereocenters. The summed E-state index contributed by atoms with van der Waals surface area (Å²) in [7, 11) is 3.11. The van der Waals surface area contributed by atoms with Crippen LogP contribution >= 0.6 is 0 Å². The molecule has 0 aromatic heterocycles. The van der Waals surface area contributed by atoms with Gasteiger partial charge in [-0.25, -0.2) is 5.43 Å². The molecule has 0 aliphatic heterocycles. The predicted molar refractivity (Wildman–Crippen MR) is 87.3 cm³/mol. The number of carbonyl (C=O) groups excluding carboxylic acids is 1. The maximum absolute atomic E-state index is 12.0. The van der Waals surface area contributed by atoms with Crippen LogP contribution in [0.15, 0.2) is 47.6 Å². The average molecular weight is 314 g/mol. The third-order valence-corrected chi connectivity index (χ3v) is 3.28. The normalized spacial score (nSPS) is 11.0. The Kier molecular flexibility index (Phi) is 5.19. The highest BCUT2D eigenvalue weighted by atomic mass is 16.5. The fourth-order valence-electron chi connectivity index (χ4n) is 1.99. The third-order valence-electron chi connectivity index (χ3n) is 3.28. The number of phenols is 1. The molecule has 0 atom stereocenters. The average Bonchev–Trinajstić information content (AvgIpc) is 2.59. The standard InChI is InChI=1S/C17H18N2O4/c1-11(12-8-9-15(22-2)16(10-12)23-3)18-19-17(21)13-6-4-5-7-14(13)20/h4-10,20H,1-3H3,(H,19,21)/b18-11-. The molecule has 1 amide bonds. The molecular formula is C17H18N2O4. The highest BCUT2D eigenvalue weighted by Gasteiger charge is 2.10. The van der Waals surface area contributed by atoms with Crippen molar-refractivity contribution < 1.29 is 19.4 Å². The molecule has 0 heterocycles. The van der Waals surface area contributed by atoms with Crippen molar-refractivity contribution in [1.29, 1.82) is 0 Å². The summed E-state index contributed by atoms with van der Waals surface area (Å²) in [6.45, 7) is 1.76. The fourth-order valence-corrected chi connectivity index (χ4v) is 1.99. The first kappa shape index (κ1) is 16.4. The molecule has 23 heavy (non-hydrogen) atoms. The Hall–Kier alpha value is -3.02. The van der Waals surface area contributed by atoms with Crippen LogP contribution in [0.1, 0.15) is 22.8 Å². The molecule has 0 aliphatic rings. The van der Waals surface area contributed by atoms with E-state index in [1.54, 1.807) is 45.4 Å². The number of nitrogens with one attached hydrogen (secondary N) is 1. The number of rotatable bonds is 5. The molecule has 0 aliphatic carbocycles. The molecule has 6 nitrogen and oxygen atoms in total. The Bertz CT molecular complexity index is 741. The number of aromatic hydroxyl groups is 1. The van der Waals surface area contributed by atoms with Crippen LogP contribution in [-0.2, 0) is 0 Å². The van der Waals surface area contributed by atoms with Crippen LogP contribution in [-0.4, -0.2) is 30.9 Å². The second-order valence-electron chi connectivity index (χ2n) is 4.73. The highest BCUT2D eigenvalue weighted by molar-refractivity contribution is 6.01. The molecule has 120 valence electrons. The third kappa shape index (κ3) is 3.79. The SMILES string of the molecule is COc1ccc(/C(C)=N\NC(=O)c2ccccc2O)cc1OC. The number of phenolic OH excluding ortho intramolecular Hbond substituents is 1. The van der Waals surface area contributed by atoms with Gasteiger partial charge in [-0.05, 0) is 37.3 Å². The van der Waals surface area contributed by atoms with Crippen molar-refractivity contribution in [2.45, 2.75) is 6.92 Å². The topological polar surface area (TPSA) is 80.2 Å². The summed E-state index contributed by atoms with van der Waals surface area (Å²) in [6, 6.07) is 11.6. The second kappa shape index (κ2) is 7.31. The summed E-state index contributed by atoms with van der Waals surface area (Å²) in [4.78, 5) is 12.0. The molecular weight excluding hydrogens is 296 g/mol. The van der Waals surface area contributed by atoms with E-state index in [0.717, 1.165) is 5.56 Å². The molecule has 2 aromatic carbocycles. The van der Waals surface area contributed by atoms with Crippen molar-refractivity contribution in [1.82, 2.24) is 5.43 Å². The van der Waals surface area contributed by atoms with Crippen LogP contribution in [0.4, 0.5) is 0 Å². The number of para-hydroxylation sites is 1. The van der Waals surface area contributed by atoms with Crippen LogP contribution in [0.5, 0.6) is 17.2 Å². The summed E-state index contributed by atoms with van der Waals surface area (Å²) in [5.74, 6) is 0.612. The summed E-state index contributed by atoms with van der Waals surface area (Å²) < 4.78 is 10.4. The van der Waals surface area contributed by atoms with Gasteiger partial charge < -0.3 is 14.6 Å². The van der Waals surface area contributed by atoms with E-state index in [1.165, 1.54) is 12.1 Å². The minimum Gasteiger partial charge on any atom is -0.507 e. The summed E-state index contributed by atoms with van der Waals surface area (Å²) in [5.41, 5.74) is 3.95. The van der Waals surface area contributed by atoms with Crippen LogP contribution in [0.3, 0.4) is 0 Å². The monoisotopic (exact) mass is 314 g/mol. The van der Waals surface area contributed by atoms with Crippen LogP contribution in [0, 0.1) is 0 Å². The first-order chi connectivity index (χ1) is 11.1. The summed E-state index contributed by atoms with van der Waals surface area (Å²) >= 11 is 0. The molecule has 0 saturated carbocycles. The zero-order chi connectivity index (χ0) is 16.8. The summed E-state index contributed by atoms with van der Waals surface area (Å²) in [5, 5.41) is 13.7. The van der Waals surface area contributed by atoms with Gasteiger partial charge in [0.2, 0.25) is 0 Å². The van der Waals surface area contributed by atoms with E-state index in [-0.39, 0.29) is 11.3 Å². The van der Waals surface area contributed by atoms with E-state index < -0.39 is 5.91 Å². The first-order valence-electron chi connectivity index (χ1n) is 6.92. The zero-order valence-electron chi connectivity index (χ0n) is 13.2. The molecule has 0 fully saturated rings. The van der Waals surface area contributed by atoms with Crippen molar-refractivity contribution in [2.75, 3.05) is 14.2 Å². The first-order valence-corrected chi connectivity index (χ1v) is 6.92. The van der Waals surface area contributed by atoms with Gasteiger partial charge in [0.1, 0.15) is 5.75 Å². The number of ether oxygens (including phenoxy) is 2. The van der Waals surface area contributed by atoms with E-state index >= 15 is 0 Å². The van der Waals surface area contributed by atoms with Crippen LogP contribution in [0.2, 0.25) is 0 Å². The van der Waals surface area contributed by atoms with Crippen molar-refractivity contribution in [3.05, 3.63) is 53.6 Å². The van der Waals surface area contributed by atoms with E-state index in [1.807, 2.05) is 6.07 Å². The lowest BCUT2D eigenvalue weighted by atomic mass is 10.1. The molecule has 2 aromatic rings. The minimum atomic E-state index is -0.483. The van der Waals surface area contributed by atoms with Crippen molar-refractivity contribution >= 4 is 11.6 Å². The smallest absolute Gasteiger partial charge is 0.275 e. The Morgan fingerprint density at radius 1 is 1.09 bits per heavy atom. The van der Waals surface area contributed by atoms with E-state index in [9.17, 15) is 9.90 Å². The number of hydrogen-bond donors (Lipinski definition) is 2. The molecule has 6 heteroatoms. The largest absolute Gasteiger partial charge is 0.507 e. The van der Waals surface area contributed by atoms with Crippen molar-refractivity contribution in [2.24, 2.45) is 5.10 Å². The van der Waals surface area contributed by atoms with Gasteiger partial charge in [-0.3, -0.25) is 4.79 Å². The Balaban J connectivity index is 2.17. The van der Waals surface area contributed by atoms with Gasteiger partial charge in [-0.2, -0.15) is 5.10 Å². The van der Waals surface area contributed by atoms with Gasteiger partial charge >= 0.3 is 0 Å². The molecule has 0 saturated heterocycles. The number of methoxy groups -OCH3 is 2. The fraction of sp³-hybridized carbons (Fsp3) is 0.176. The molecule has 0 radical (unpaired) electrons. The van der Waals surface area contributed by atoms with Crippen LogP contribution in [0.25, 0.3) is 0 Å². The second-order valence-corrected chi connectivity index (χ2v) is 4.73. The van der Waals surface area contributed by atoms with Gasteiger partial charge in [-0.1, -0.05) is 12.1 Å². The van der Waals surface area contributed by atoms with E-state index in [0.29, 0.717) is 17.2 Å². The number of hydrazone groups is 1.